The minimum Gasteiger partial charge on any atom is -0.281 e. The summed E-state index contributed by atoms with van der Waals surface area (Å²) < 4.78 is 0. The Morgan fingerprint density at radius 3 is 2.64 bits per heavy atom. The number of hydrogen-bond donors (Lipinski definition) is 0. The fourth-order valence-electron chi connectivity index (χ4n) is 1.93. The number of benzene rings is 1. The van der Waals surface area contributed by atoms with Gasteiger partial charge in [0.25, 0.3) is 0 Å². The Morgan fingerprint density at radius 1 is 1.43 bits per heavy atom. The second-order valence-corrected chi connectivity index (χ2v) is 3.76. The van der Waals surface area contributed by atoms with Crippen LogP contribution in [0, 0.1) is 11.3 Å². The molecule has 1 heterocycles. The Hall–Kier alpha value is -1.33. The van der Waals surface area contributed by atoms with Gasteiger partial charge in [-0.3, -0.25) is 4.90 Å². The topological polar surface area (TPSA) is 27.0 Å². The third-order valence-corrected chi connectivity index (χ3v) is 2.99. The van der Waals surface area contributed by atoms with E-state index in [0.29, 0.717) is 6.04 Å². The van der Waals surface area contributed by atoms with Crippen LogP contribution in [0.4, 0.5) is 0 Å². The number of hydrogen-bond acceptors (Lipinski definition) is 2. The average molecular weight is 186 g/mol. The molecule has 14 heavy (non-hydrogen) atoms. The second-order valence-electron chi connectivity index (χ2n) is 3.76. The maximum absolute atomic E-state index is 8.86. The van der Waals surface area contributed by atoms with Crippen LogP contribution in [-0.4, -0.2) is 17.5 Å². The summed E-state index contributed by atoms with van der Waals surface area (Å²) in [6, 6.07) is 13.2. The van der Waals surface area contributed by atoms with Gasteiger partial charge in [-0.15, -0.1) is 0 Å². The largest absolute Gasteiger partial charge is 0.281 e. The van der Waals surface area contributed by atoms with Crippen molar-refractivity contribution in [3.63, 3.8) is 0 Å². The van der Waals surface area contributed by atoms with Crippen LogP contribution in [0.1, 0.15) is 24.9 Å². The van der Waals surface area contributed by atoms with Gasteiger partial charge in [0.15, 0.2) is 0 Å². The molecular formula is C12H14N2. The van der Waals surface area contributed by atoms with E-state index in [4.69, 9.17) is 5.26 Å². The van der Waals surface area contributed by atoms with Gasteiger partial charge in [-0.1, -0.05) is 30.3 Å². The minimum atomic E-state index is 0.130. The average Bonchev–Trinajstić information content (AvgIpc) is 2.18. The van der Waals surface area contributed by atoms with Crippen molar-refractivity contribution in [2.75, 3.05) is 6.54 Å². The van der Waals surface area contributed by atoms with Gasteiger partial charge in [0, 0.05) is 12.6 Å². The third kappa shape index (κ3) is 1.51. The van der Waals surface area contributed by atoms with Crippen molar-refractivity contribution in [1.29, 1.82) is 5.26 Å². The van der Waals surface area contributed by atoms with E-state index in [9.17, 15) is 0 Å². The minimum absolute atomic E-state index is 0.130. The van der Waals surface area contributed by atoms with Gasteiger partial charge in [-0.2, -0.15) is 5.26 Å². The highest BCUT2D eigenvalue weighted by Gasteiger charge is 2.31. The summed E-state index contributed by atoms with van der Waals surface area (Å²) in [5, 5.41) is 8.86. The molecule has 2 rings (SSSR count). The summed E-state index contributed by atoms with van der Waals surface area (Å²) in [6.45, 7) is 3.22. The van der Waals surface area contributed by atoms with Crippen LogP contribution in [0.3, 0.4) is 0 Å². The summed E-state index contributed by atoms with van der Waals surface area (Å²) in [5.41, 5.74) is 1.30. The molecule has 1 saturated heterocycles. The normalized spacial score (nSPS) is 23.6. The van der Waals surface area contributed by atoms with Gasteiger partial charge >= 0.3 is 0 Å². The van der Waals surface area contributed by atoms with Crippen molar-refractivity contribution in [1.82, 2.24) is 4.90 Å². The quantitative estimate of drug-likeness (QED) is 0.709. The van der Waals surface area contributed by atoms with Crippen molar-refractivity contribution in [3.05, 3.63) is 35.9 Å². The Balaban J connectivity index is 2.10. The summed E-state index contributed by atoms with van der Waals surface area (Å²) >= 11 is 0. The van der Waals surface area contributed by atoms with E-state index in [1.807, 2.05) is 18.2 Å². The fourth-order valence-corrected chi connectivity index (χ4v) is 1.93. The highest BCUT2D eigenvalue weighted by molar-refractivity contribution is 5.20. The molecule has 0 aliphatic carbocycles. The molecule has 72 valence electrons. The summed E-state index contributed by atoms with van der Waals surface area (Å²) in [6.07, 6.45) is 1.02. The van der Waals surface area contributed by atoms with Gasteiger partial charge in [-0.05, 0) is 18.9 Å². The molecule has 1 aliphatic heterocycles. The molecule has 0 spiro atoms. The van der Waals surface area contributed by atoms with E-state index in [1.54, 1.807) is 0 Å². The van der Waals surface area contributed by atoms with Crippen LogP contribution < -0.4 is 0 Å². The fraction of sp³-hybridized carbons (Fsp3) is 0.417. The predicted molar refractivity (Wildman–Crippen MR) is 55.6 cm³/mol. The SMILES string of the molecule is C[C@H](c1ccccc1)N1CC[C@H]1C#N. The summed E-state index contributed by atoms with van der Waals surface area (Å²) in [4.78, 5) is 2.25. The third-order valence-electron chi connectivity index (χ3n) is 2.99. The van der Waals surface area contributed by atoms with E-state index >= 15 is 0 Å². The number of likely N-dealkylation sites (tertiary alicyclic amines) is 1. The molecular weight excluding hydrogens is 172 g/mol. The molecule has 2 nitrogen and oxygen atoms in total. The lowest BCUT2D eigenvalue weighted by atomic mass is 9.97. The zero-order valence-electron chi connectivity index (χ0n) is 8.35. The first-order valence-electron chi connectivity index (χ1n) is 5.03. The van der Waals surface area contributed by atoms with Crippen LogP contribution in [0.15, 0.2) is 30.3 Å². The molecule has 0 N–H and O–H groups in total. The lowest BCUT2D eigenvalue weighted by molar-refractivity contribution is 0.0834. The van der Waals surface area contributed by atoms with Crippen LogP contribution in [0.25, 0.3) is 0 Å². The molecule has 0 bridgehead atoms. The molecule has 1 aliphatic rings. The number of nitriles is 1. The molecule has 0 aromatic heterocycles. The molecule has 0 amide bonds. The van der Waals surface area contributed by atoms with Crippen LogP contribution in [0.2, 0.25) is 0 Å². The van der Waals surface area contributed by atoms with Crippen molar-refractivity contribution in [2.45, 2.75) is 25.4 Å². The molecule has 2 atom stereocenters. The van der Waals surface area contributed by atoms with Crippen molar-refractivity contribution in [2.24, 2.45) is 0 Å². The molecule has 0 radical (unpaired) electrons. The molecule has 1 aromatic carbocycles. The highest BCUT2D eigenvalue weighted by Crippen LogP contribution is 2.29. The van der Waals surface area contributed by atoms with E-state index in [-0.39, 0.29) is 6.04 Å². The zero-order chi connectivity index (χ0) is 9.97. The predicted octanol–water partition coefficient (Wildman–Crippen LogP) is 2.35. The van der Waals surface area contributed by atoms with Crippen LogP contribution in [-0.2, 0) is 0 Å². The first-order valence-corrected chi connectivity index (χ1v) is 5.03. The van der Waals surface area contributed by atoms with Gasteiger partial charge in [-0.25, -0.2) is 0 Å². The van der Waals surface area contributed by atoms with E-state index in [2.05, 4.69) is 30.0 Å². The first-order chi connectivity index (χ1) is 6.83. The molecule has 1 aromatic rings. The van der Waals surface area contributed by atoms with Crippen LogP contribution >= 0.6 is 0 Å². The van der Waals surface area contributed by atoms with Crippen molar-refractivity contribution >= 4 is 0 Å². The number of nitrogens with zero attached hydrogens (tertiary/aromatic N) is 2. The van der Waals surface area contributed by atoms with Gasteiger partial charge in [0.2, 0.25) is 0 Å². The Kier molecular flexibility index (Phi) is 2.51. The monoisotopic (exact) mass is 186 g/mol. The van der Waals surface area contributed by atoms with Gasteiger partial charge in [0.05, 0.1) is 12.1 Å². The highest BCUT2D eigenvalue weighted by atomic mass is 15.2. The lowest BCUT2D eigenvalue weighted by Crippen LogP contribution is -2.47. The lowest BCUT2D eigenvalue weighted by Gasteiger charge is -2.41. The zero-order valence-corrected chi connectivity index (χ0v) is 8.35. The molecule has 1 fully saturated rings. The maximum Gasteiger partial charge on any atom is 0.0995 e. The Labute approximate surface area is 84.8 Å². The second kappa shape index (κ2) is 3.81. The molecule has 2 heteroatoms. The van der Waals surface area contributed by atoms with E-state index in [1.165, 1.54) is 5.56 Å². The summed E-state index contributed by atoms with van der Waals surface area (Å²) in [5.74, 6) is 0. The molecule has 0 unspecified atom stereocenters. The standard InChI is InChI=1S/C12H14N2/c1-10(11-5-3-2-4-6-11)14-8-7-12(14)9-13/h2-6,10,12H,7-8H2,1H3/t10-,12+/m1/s1. The smallest absolute Gasteiger partial charge is 0.0995 e. The van der Waals surface area contributed by atoms with E-state index < -0.39 is 0 Å². The van der Waals surface area contributed by atoms with Gasteiger partial charge < -0.3 is 0 Å². The van der Waals surface area contributed by atoms with Gasteiger partial charge in [0.1, 0.15) is 0 Å². The maximum atomic E-state index is 8.86. The van der Waals surface area contributed by atoms with E-state index in [0.717, 1.165) is 13.0 Å². The van der Waals surface area contributed by atoms with Crippen molar-refractivity contribution < 1.29 is 0 Å². The van der Waals surface area contributed by atoms with Crippen LogP contribution in [0.5, 0.6) is 0 Å². The first kappa shape index (κ1) is 9.23. The Bertz CT molecular complexity index is 339. The van der Waals surface area contributed by atoms with Crippen molar-refractivity contribution in [3.8, 4) is 6.07 Å². The number of rotatable bonds is 2. The Morgan fingerprint density at radius 2 is 2.14 bits per heavy atom. The molecule has 0 saturated carbocycles. The summed E-state index contributed by atoms with van der Waals surface area (Å²) in [7, 11) is 0.